The second kappa shape index (κ2) is 8.82. The molecule has 2 saturated heterocycles. The van der Waals surface area contributed by atoms with Crippen LogP contribution in [0.4, 0.5) is 14.7 Å². The molecule has 6 nitrogen and oxygen atoms in total. The minimum Gasteiger partial charge on any atom is -0.381 e. The average molecular weight is 402 g/mol. The highest BCUT2D eigenvalue weighted by Crippen LogP contribution is 2.26. The van der Waals surface area contributed by atoms with Crippen LogP contribution in [-0.4, -0.2) is 48.2 Å². The maximum absolute atomic E-state index is 13.8. The van der Waals surface area contributed by atoms with Crippen molar-refractivity contribution in [1.82, 2.24) is 15.3 Å². The van der Waals surface area contributed by atoms with Crippen LogP contribution in [0.15, 0.2) is 30.5 Å². The number of carbonyl (C=O) groups excluding carboxylic acids is 1. The first kappa shape index (κ1) is 19.7. The molecule has 0 saturated carbocycles. The van der Waals surface area contributed by atoms with Crippen LogP contribution in [0.5, 0.6) is 0 Å². The normalized spacial score (nSPS) is 20.1. The summed E-state index contributed by atoms with van der Waals surface area (Å²) >= 11 is 0. The third-order valence-electron chi connectivity index (χ3n) is 5.52. The van der Waals surface area contributed by atoms with Crippen molar-refractivity contribution in [2.24, 2.45) is 0 Å². The lowest BCUT2D eigenvalue weighted by molar-refractivity contribution is -0.121. The van der Waals surface area contributed by atoms with Gasteiger partial charge < -0.3 is 15.0 Å². The number of carbonyl (C=O) groups is 1. The Bertz CT molecular complexity index is 874. The Kier molecular flexibility index (Phi) is 5.99. The van der Waals surface area contributed by atoms with Gasteiger partial charge in [0, 0.05) is 55.7 Å². The number of amides is 1. The van der Waals surface area contributed by atoms with E-state index in [1.807, 2.05) is 6.07 Å². The molecule has 1 atom stereocenters. The Morgan fingerprint density at radius 1 is 1.21 bits per heavy atom. The topological polar surface area (TPSA) is 67.4 Å². The van der Waals surface area contributed by atoms with Gasteiger partial charge in [-0.3, -0.25) is 4.79 Å². The van der Waals surface area contributed by atoms with Crippen LogP contribution < -0.4 is 10.2 Å². The van der Waals surface area contributed by atoms with Gasteiger partial charge in [0.1, 0.15) is 0 Å². The second-order valence-electron chi connectivity index (χ2n) is 7.56. The monoisotopic (exact) mass is 402 g/mol. The molecule has 1 N–H and O–H groups in total. The van der Waals surface area contributed by atoms with Crippen LogP contribution in [0, 0.1) is 11.6 Å². The first-order valence-corrected chi connectivity index (χ1v) is 9.98. The predicted molar refractivity (Wildman–Crippen MR) is 104 cm³/mol. The molecule has 0 spiro atoms. The van der Waals surface area contributed by atoms with Crippen LogP contribution >= 0.6 is 0 Å². The van der Waals surface area contributed by atoms with E-state index in [1.54, 1.807) is 6.20 Å². The molecular formula is C21H24F2N4O2. The summed E-state index contributed by atoms with van der Waals surface area (Å²) in [6.45, 7) is 2.84. The zero-order chi connectivity index (χ0) is 20.2. The zero-order valence-electron chi connectivity index (χ0n) is 16.1. The number of ether oxygens (including phenoxy) is 1. The number of hydrogen-bond acceptors (Lipinski definition) is 5. The summed E-state index contributed by atoms with van der Waals surface area (Å²) in [6.07, 6.45) is 4.28. The summed E-state index contributed by atoms with van der Waals surface area (Å²) in [4.78, 5) is 23.5. The Morgan fingerprint density at radius 2 is 2.03 bits per heavy atom. The van der Waals surface area contributed by atoms with Crippen LogP contribution in [-0.2, 0) is 16.0 Å². The van der Waals surface area contributed by atoms with E-state index in [0.29, 0.717) is 18.4 Å². The fraction of sp³-hybridized carbons (Fsp3) is 0.476. The van der Waals surface area contributed by atoms with E-state index in [0.717, 1.165) is 50.8 Å². The van der Waals surface area contributed by atoms with Gasteiger partial charge in [0.2, 0.25) is 11.9 Å². The lowest BCUT2D eigenvalue weighted by Crippen LogP contribution is -2.38. The molecule has 1 aromatic heterocycles. The van der Waals surface area contributed by atoms with E-state index in [9.17, 15) is 13.6 Å². The summed E-state index contributed by atoms with van der Waals surface area (Å²) in [5, 5.41) is 2.91. The van der Waals surface area contributed by atoms with Crippen molar-refractivity contribution >= 4 is 11.9 Å². The lowest BCUT2D eigenvalue weighted by Gasteiger charge is -2.23. The van der Waals surface area contributed by atoms with Gasteiger partial charge in [-0.05, 0) is 31.4 Å². The average Bonchev–Trinajstić information content (AvgIpc) is 3.20. The minimum absolute atomic E-state index is 0.0600. The Morgan fingerprint density at radius 3 is 2.86 bits per heavy atom. The van der Waals surface area contributed by atoms with E-state index >= 15 is 0 Å². The number of halogens is 2. The molecule has 8 heteroatoms. The zero-order valence-corrected chi connectivity index (χ0v) is 16.1. The van der Waals surface area contributed by atoms with E-state index in [-0.39, 0.29) is 23.9 Å². The molecule has 3 heterocycles. The largest absolute Gasteiger partial charge is 0.381 e. The number of aromatic nitrogens is 2. The minimum atomic E-state index is -0.964. The summed E-state index contributed by atoms with van der Waals surface area (Å²) in [7, 11) is 0. The highest BCUT2D eigenvalue weighted by Gasteiger charge is 2.27. The summed E-state index contributed by atoms with van der Waals surface area (Å²) in [6, 6.07) is 5.76. The molecule has 29 heavy (non-hydrogen) atoms. The molecule has 0 radical (unpaired) electrons. The molecule has 2 aliphatic rings. The van der Waals surface area contributed by atoms with Crippen molar-refractivity contribution in [3.8, 4) is 0 Å². The number of nitrogens with zero attached hydrogens (tertiary/aromatic N) is 3. The van der Waals surface area contributed by atoms with Gasteiger partial charge in [0.05, 0.1) is 6.42 Å². The predicted octanol–water partition coefficient (Wildman–Crippen LogP) is 2.59. The van der Waals surface area contributed by atoms with E-state index < -0.39 is 11.6 Å². The van der Waals surface area contributed by atoms with Gasteiger partial charge in [0.15, 0.2) is 11.6 Å². The van der Waals surface area contributed by atoms with Gasteiger partial charge in [-0.1, -0.05) is 12.1 Å². The third kappa shape index (κ3) is 4.70. The number of hydrogen-bond donors (Lipinski definition) is 1. The number of benzene rings is 1. The molecule has 154 valence electrons. The van der Waals surface area contributed by atoms with Crippen molar-refractivity contribution in [3.63, 3.8) is 0 Å². The molecule has 0 aliphatic carbocycles. The lowest BCUT2D eigenvalue weighted by atomic mass is 9.96. The maximum Gasteiger partial charge on any atom is 0.225 e. The van der Waals surface area contributed by atoms with Gasteiger partial charge in [0.25, 0.3) is 0 Å². The van der Waals surface area contributed by atoms with E-state index in [4.69, 9.17) is 9.72 Å². The first-order chi connectivity index (χ1) is 14.1. The van der Waals surface area contributed by atoms with Crippen LogP contribution in [0.25, 0.3) is 0 Å². The number of rotatable bonds is 5. The van der Waals surface area contributed by atoms with E-state index in [2.05, 4.69) is 15.2 Å². The molecular weight excluding hydrogens is 378 g/mol. The van der Waals surface area contributed by atoms with Crippen LogP contribution in [0.2, 0.25) is 0 Å². The summed E-state index contributed by atoms with van der Waals surface area (Å²) in [5.74, 6) is -1.16. The van der Waals surface area contributed by atoms with Crippen molar-refractivity contribution in [3.05, 3.63) is 53.4 Å². The SMILES string of the molecule is O=C(Cc1cccc(F)c1F)NC1CCN(c2nccc(C3CCOCC3)n2)C1. The van der Waals surface area contributed by atoms with Gasteiger partial charge in [-0.2, -0.15) is 0 Å². The fourth-order valence-electron chi connectivity index (χ4n) is 3.93. The highest BCUT2D eigenvalue weighted by molar-refractivity contribution is 5.79. The molecule has 0 bridgehead atoms. The summed E-state index contributed by atoms with van der Waals surface area (Å²) in [5.41, 5.74) is 1.09. The maximum atomic E-state index is 13.8. The number of nitrogens with one attached hydrogen (secondary N) is 1. The van der Waals surface area contributed by atoms with Gasteiger partial charge in [-0.25, -0.2) is 18.7 Å². The highest BCUT2D eigenvalue weighted by atomic mass is 19.2. The number of anilines is 1. The smallest absolute Gasteiger partial charge is 0.225 e. The Balaban J connectivity index is 1.34. The molecule has 4 rings (SSSR count). The van der Waals surface area contributed by atoms with Crippen molar-refractivity contribution in [1.29, 1.82) is 0 Å². The molecule has 2 aliphatic heterocycles. The second-order valence-corrected chi connectivity index (χ2v) is 7.56. The fourth-order valence-corrected chi connectivity index (χ4v) is 3.93. The van der Waals surface area contributed by atoms with Gasteiger partial charge in [-0.15, -0.1) is 0 Å². The standard InChI is InChI=1S/C21H24F2N4O2/c22-17-3-1-2-15(20(17)23)12-19(28)25-16-5-9-27(13-16)21-24-8-4-18(26-21)14-6-10-29-11-7-14/h1-4,8,14,16H,5-7,9-13H2,(H,25,28). The molecule has 1 aromatic carbocycles. The van der Waals surface area contributed by atoms with Crippen LogP contribution in [0.3, 0.4) is 0 Å². The summed E-state index contributed by atoms with van der Waals surface area (Å²) < 4.78 is 32.5. The molecule has 2 fully saturated rings. The van der Waals surface area contributed by atoms with Crippen molar-refractivity contribution in [2.75, 3.05) is 31.2 Å². The molecule has 1 amide bonds. The van der Waals surface area contributed by atoms with Crippen molar-refractivity contribution < 1.29 is 18.3 Å². The quantitative estimate of drug-likeness (QED) is 0.833. The molecule has 1 unspecified atom stereocenters. The van der Waals surface area contributed by atoms with Gasteiger partial charge >= 0.3 is 0 Å². The third-order valence-corrected chi connectivity index (χ3v) is 5.52. The van der Waals surface area contributed by atoms with E-state index in [1.165, 1.54) is 12.1 Å². The molecule has 2 aromatic rings. The Labute approximate surface area is 168 Å². The van der Waals surface area contributed by atoms with Crippen molar-refractivity contribution in [2.45, 2.75) is 37.6 Å². The van der Waals surface area contributed by atoms with Crippen LogP contribution in [0.1, 0.15) is 36.4 Å². The Hall–Kier alpha value is -2.61. The first-order valence-electron chi connectivity index (χ1n) is 9.98.